The lowest BCUT2D eigenvalue weighted by Gasteiger charge is -2.06. The maximum absolute atomic E-state index is 10.6. The molecular formula is C17H16N4O. The molecule has 5 nitrogen and oxygen atoms in total. The Balaban J connectivity index is 1.80. The fourth-order valence-electron chi connectivity index (χ4n) is 2.42. The third-order valence-corrected chi connectivity index (χ3v) is 3.63. The van der Waals surface area contributed by atoms with Crippen molar-refractivity contribution in [2.24, 2.45) is 0 Å². The van der Waals surface area contributed by atoms with Gasteiger partial charge < -0.3 is 11.5 Å². The van der Waals surface area contributed by atoms with Crippen molar-refractivity contribution >= 4 is 29.0 Å². The average molecular weight is 292 g/mol. The summed E-state index contributed by atoms with van der Waals surface area (Å²) >= 11 is 0. The third-order valence-electron chi connectivity index (χ3n) is 3.63. The SMILES string of the molecule is Nc1nc(N)c2cc(CCc3ccc(C=O)cc3)ccc2n1. The number of aryl methyl sites for hydroxylation is 2. The number of carbonyl (C=O) groups excluding carboxylic acids is 1. The number of aldehydes is 1. The van der Waals surface area contributed by atoms with E-state index in [2.05, 4.69) is 9.97 Å². The van der Waals surface area contributed by atoms with Gasteiger partial charge in [-0.3, -0.25) is 4.79 Å². The Hall–Kier alpha value is -2.95. The molecule has 4 N–H and O–H groups in total. The summed E-state index contributed by atoms with van der Waals surface area (Å²) in [4.78, 5) is 18.8. The van der Waals surface area contributed by atoms with E-state index in [1.54, 1.807) is 0 Å². The second-order valence-electron chi connectivity index (χ2n) is 5.18. The molecule has 3 rings (SSSR count). The number of benzene rings is 2. The molecule has 2 aromatic carbocycles. The molecule has 0 spiro atoms. The van der Waals surface area contributed by atoms with Gasteiger partial charge in [-0.2, -0.15) is 4.98 Å². The van der Waals surface area contributed by atoms with Gasteiger partial charge in [0.1, 0.15) is 12.1 Å². The van der Waals surface area contributed by atoms with Crippen LogP contribution in [-0.4, -0.2) is 16.3 Å². The first-order valence-electron chi connectivity index (χ1n) is 7.01. The van der Waals surface area contributed by atoms with Crippen molar-refractivity contribution in [3.63, 3.8) is 0 Å². The van der Waals surface area contributed by atoms with Crippen molar-refractivity contribution in [1.82, 2.24) is 9.97 Å². The zero-order valence-electron chi connectivity index (χ0n) is 12.0. The van der Waals surface area contributed by atoms with Crippen LogP contribution in [0.25, 0.3) is 10.9 Å². The minimum Gasteiger partial charge on any atom is -0.383 e. The molecule has 1 aromatic heterocycles. The van der Waals surface area contributed by atoms with Crippen LogP contribution >= 0.6 is 0 Å². The molecule has 0 saturated carbocycles. The van der Waals surface area contributed by atoms with Crippen molar-refractivity contribution in [3.8, 4) is 0 Å². The fraction of sp³-hybridized carbons (Fsp3) is 0.118. The van der Waals surface area contributed by atoms with Crippen molar-refractivity contribution in [1.29, 1.82) is 0 Å². The number of nitrogen functional groups attached to an aromatic ring is 2. The van der Waals surface area contributed by atoms with Crippen molar-refractivity contribution < 1.29 is 4.79 Å². The van der Waals surface area contributed by atoms with Crippen LogP contribution < -0.4 is 11.5 Å². The summed E-state index contributed by atoms with van der Waals surface area (Å²) in [7, 11) is 0. The molecule has 22 heavy (non-hydrogen) atoms. The van der Waals surface area contributed by atoms with E-state index in [1.807, 2.05) is 42.5 Å². The molecule has 0 unspecified atom stereocenters. The summed E-state index contributed by atoms with van der Waals surface area (Å²) in [5.41, 5.74) is 15.3. The highest BCUT2D eigenvalue weighted by molar-refractivity contribution is 5.89. The summed E-state index contributed by atoms with van der Waals surface area (Å²) < 4.78 is 0. The van der Waals surface area contributed by atoms with Gasteiger partial charge in [-0.25, -0.2) is 4.98 Å². The van der Waals surface area contributed by atoms with Crippen molar-refractivity contribution in [2.45, 2.75) is 12.8 Å². The molecule has 0 bridgehead atoms. The molecule has 0 atom stereocenters. The number of hydrogen-bond acceptors (Lipinski definition) is 5. The van der Waals surface area contributed by atoms with E-state index in [9.17, 15) is 4.79 Å². The molecule has 0 aliphatic carbocycles. The van der Waals surface area contributed by atoms with Crippen molar-refractivity contribution in [2.75, 3.05) is 11.5 Å². The first-order valence-corrected chi connectivity index (χ1v) is 7.01. The normalized spacial score (nSPS) is 10.7. The number of hydrogen-bond donors (Lipinski definition) is 2. The van der Waals surface area contributed by atoms with Gasteiger partial charge in [0.2, 0.25) is 5.95 Å². The Labute approximate surface area is 128 Å². The number of nitrogens with two attached hydrogens (primary N) is 2. The summed E-state index contributed by atoms with van der Waals surface area (Å²) in [6.07, 6.45) is 2.61. The van der Waals surface area contributed by atoms with Crippen LogP contribution in [0.15, 0.2) is 42.5 Å². The van der Waals surface area contributed by atoms with Crippen LogP contribution in [0.3, 0.4) is 0 Å². The Morgan fingerprint density at radius 3 is 2.32 bits per heavy atom. The Kier molecular flexibility index (Phi) is 3.70. The topological polar surface area (TPSA) is 94.9 Å². The summed E-state index contributed by atoms with van der Waals surface area (Å²) in [5.74, 6) is 0.590. The van der Waals surface area contributed by atoms with E-state index in [0.717, 1.165) is 35.6 Å². The van der Waals surface area contributed by atoms with Crippen molar-refractivity contribution in [3.05, 3.63) is 59.2 Å². The standard InChI is InChI=1S/C17H16N4O/c18-16-14-9-12(7-8-15(14)20-17(19)21-16)4-1-11-2-5-13(10-22)6-3-11/h2-3,5-10H,1,4H2,(H4,18,19,20,21). The molecule has 0 amide bonds. The molecule has 0 radical (unpaired) electrons. The zero-order chi connectivity index (χ0) is 15.5. The van der Waals surface area contributed by atoms with E-state index >= 15 is 0 Å². The maximum Gasteiger partial charge on any atom is 0.222 e. The molecular weight excluding hydrogens is 276 g/mol. The molecule has 0 fully saturated rings. The molecule has 1 heterocycles. The van der Waals surface area contributed by atoms with Gasteiger partial charge in [-0.15, -0.1) is 0 Å². The number of carbonyl (C=O) groups is 1. The second-order valence-corrected chi connectivity index (χ2v) is 5.18. The highest BCUT2D eigenvalue weighted by atomic mass is 16.1. The highest BCUT2D eigenvalue weighted by Gasteiger charge is 2.05. The molecule has 0 saturated heterocycles. The van der Waals surface area contributed by atoms with Crippen LogP contribution in [0, 0.1) is 0 Å². The minimum absolute atomic E-state index is 0.188. The lowest BCUT2D eigenvalue weighted by Crippen LogP contribution is -2.01. The van der Waals surface area contributed by atoms with Crippen LogP contribution in [0.1, 0.15) is 21.5 Å². The quantitative estimate of drug-likeness (QED) is 0.720. The van der Waals surface area contributed by atoms with Crippen LogP contribution in [0.5, 0.6) is 0 Å². The predicted molar refractivity (Wildman–Crippen MR) is 87.6 cm³/mol. The van der Waals surface area contributed by atoms with Gasteiger partial charge in [-0.05, 0) is 36.1 Å². The predicted octanol–water partition coefficient (Wildman–Crippen LogP) is 2.39. The van der Waals surface area contributed by atoms with Crippen LogP contribution in [-0.2, 0) is 12.8 Å². The maximum atomic E-state index is 10.6. The van der Waals surface area contributed by atoms with Crippen LogP contribution in [0.4, 0.5) is 11.8 Å². The molecule has 5 heteroatoms. The fourth-order valence-corrected chi connectivity index (χ4v) is 2.42. The third kappa shape index (κ3) is 2.88. The number of rotatable bonds is 4. The lowest BCUT2D eigenvalue weighted by atomic mass is 10.0. The smallest absolute Gasteiger partial charge is 0.222 e. The Morgan fingerprint density at radius 1 is 0.909 bits per heavy atom. The lowest BCUT2D eigenvalue weighted by molar-refractivity contribution is 0.112. The first-order chi connectivity index (χ1) is 10.7. The zero-order valence-corrected chi connectivity index (χ0v) is 12.0. The summed E-state index contributed by atoms with van der Waals surface area (Å²) in [6.45, 7) is 0. The number of nitrogens with zero attached hydrogens (tertiary/aromatic N) is 2. The second kappa shape index (κ2) is 5.81. The average Bonchev–Trinajstić information content (AvgIpc) is 2.53. The molecule has 3 aromatic rings. The molecule has 0 aliphatic heterocycles. The first kappa shape index (κ1) is 14.0. The summed E-state index contributed by atoms with van der Waals surface area (Å²) in [5, 5.41) is 0.822. The minimum atomic E-state index is 0.188. The Morgan fingerprint density at radius 2 is 1.59 bits per heavy atom. The number of anilines is 2. The van der Waals surface area contributed by atoms with Crippen LogP contribution in [0.2, 0.25) is 0 Å². The van der Waals surface area contributed by atoms with E-state index in [4.69, 9.17) is 11.5 Å². The van der Waals surface area contributed by atoms with E-state index in [-0.39, 0.29) is 5.95 Å². The van der Waals surface area contributed by atoms with Gasteiger partial charge >= 0.3 is 0 Å². The van der Waals surface area contributed by atoms with Gasteiger partial charge in [0.25, 0.3) is 0 Å². The number of fused-ring (bicyclic) bond motifs is 1. The van der Waals surface area contributed by atoms with E-state index < -0.39 is 0 Å². The van der Waals surface area contributed by atoms with Gasteiger partial charge in [-0.1, -0.05) is 30.3 Å². The molecule has 110 valence electrons. The Bertz CT molecular complexity index is 828. The molecule has 0 aliphatic rings. The number of aromatic nitrogens is 2. The van der Waals surface area contributed by atoms with Gasteiger partial charge in [0.05, 0.1) is 5.52 Å². The monoisotopic (exact) mass is 292 g/mol. The highest BCUT2D eigenvalue weighted by Crippen LogP contribution is 2.21. The van der Waals surface area contributed by atoms with E-state index in [0.29, 0.717) is 11.4 Å². The van der Waals surface area contributed by atoms with E-state index in [1.165, 1.54) is 5.56 Å². The van der Waals surface area contributed by atoms with Gasteiger partial charge in [0.15, 0.2) is 0 Å². The van der Waals surface area contributed by atoms with Gasteiger partial charge in [0, 0.05) is 10.9 Å². The summed E-state index contributed by atoms with van der Waals surface area (Å²) in [6, 6.07) is 13.5. The largest absolute Gasteiger partial charge is 0.383 e.